The molecule has 0 spiro atoms. The van der Waals surface area contributed by atoms with Gasteiger partial charge in [0.1, 0.15) is 5.01 Å². The smallest absolute Gasteiger partial charge is 0.308 e. The molecule has 0 aliphatic heterocycles. The number of aromatic nitrogens is 2. The van der Waals surface area contributed by atoms with E-state index in [1.807, 2.05) is 6.26 Å². The minimum atomic E-state index is -4.46. The lowest BCUT2D eigenvalue weighted by Crippen LogP contribution is -2.19. The number of urea groups is 1. The highest BCUT2D eigenvalue weighted by molar-refractivity contribution is 7.98. The largest absolute Gasteiger partial charge is 0.416 e. The summed E-state index contributed by atoms with van der Waals surface area (Å²) in [5.74, 6) is 0.894. The van der Waals surface area contributed by atoms with E-state index in [9.17, 15) is 18.0 Å². The van der Waals surface area contributed by atoms with Gasteiger partial charge in [-0.1, -0.05) is 17.4 Å². The molecule has 0 aliphatic rings. The predicted octanol–water partition coefficient (Wildman–Crippen LogP) is 4.11. The Labute approximate surface area is 138 Å². The maximum Gasteiger partial charge on any atom is 0.416 e. The van der Waals surface area contributed by atoms with E-state index in [0.29, 0.717) is 5.13 Å². The quantitative estimate of drug-likeness (QED) is 0.840. The minimum Gasteiger partial charge on any atom is -0.308 e. The zero-order valence-electron chi connectivity index (χ0n) is 12.0. The van der Waals surface area contributed by atoms with E-state index in [4.69, 9.17) is 0 Å². The summed E-state index contributed by atoms with van der Waals surface area (Å²) in [5, 5.41) is 13.6. The third-order valence-electron chi connectivity index (χ3n) is 2.66. The normalized spacial score (nSPS) is 11.3. The molecule has 0 fully saturated rings. The Balaban J connectivity index is 1.96. The fraction of sp³-hybridized carbons (Fsp3) is 0.308. The SMILES string of the molecule is CSCCc1nnc(NC(=O)Nc2cccc(C(F)(F)F)c2)s1. The molecule has 124 valence electrons. The number of rotatable bonds is 5. The van der Waals surface area contributed by atoms with Crippen molar-refractivity contribution in [3.8, 4) is 0 Å². The fourth-order valence-corrected chi connectivity index (χ4v) is 2.89. The van der Waals surface area contributed by atoms with Gasteiger partial charge in [0.25, 0.3) is 0 Å². The minimum absolute atomic E-state index is 0.0458. The lowest BCUT2D eigenvalue weighted by Gasteiger charge is -2.09. The van der Waals surface area contributed by atoms with Crippen LogP contribution in [0.1, 0.15) is 10.6 Å². The van der Waals surface area contributed by atoms with Crippen LogP contribution in [0.25, 0.3) is 0 Å². The highest BCUT2D eigenvalue weighted by Crippen LogP contribution is 2.30. The number of carbonyl (C=O) groups is 1. The number of carbonyl (C=O) groups excluding carboxylic acids is 1. The molecule has 10 heteroatoms. The average Bonchev–Trinajstić information content (AvgIpc) is 2.91. The van der Waals surface area contributed by atoms with Crippen molar-refractivity contribution in [1.29, 1.82) is 0 Å². The number of anilines is 2. The van der Waals surface area contributed by atoms with Crippen molar-refractivity contribution in [1.82, 2.24) is 10.2 Å². The molecular formula is C13H13F3N4OS2. The van der Waals surface area contributed by atoms with Crippen molar-refractivity contribution in [2.45, 2.75) is 12.6 Å². The molecule has 0 radical (unpaired) electrons. The van der Waals surface area contributed by atoms with Crippen molar-refractivity contribution in [3.63, 3.8) is 0 Å². The van der Waals surface area contributed by atoms with E-state index >= 15 is 0 Å². The molecule has 2 aromatic rings. The molecule has 1 aromatic carbocycles. The number of nitrogens with one attached hydrogen (secondary N) is 2. The summed E-state index contributed by atoms with van der Waals surface area (Å²) in [4.78, 5) is 11.8. The van der Waals surface area contributed by atoms with Crippen molar-refractivity contribution >= 4 is 39.9 Å². The van der Waals surface area contributed by atoms with Crippen LogP contribution in [0.2, 0.25) is 0 Å². The Morgan fingerprint density at radius 1 is 1.30 bits per heavy atom. The Hall–Kier alpha value is -1.81. The highest BCUT2D eigenvalue weighted by atomic mass is 32.2. The molecule has 0 atom stereocenters. The molecule has 0 saturated carbocycles. The molecule has 0 saturated heterocycles. The predicted molar refractivity (Wildman–Crippen MR) is 86.1 cm³/mol. The van der Waals surface area contributed by atoms with Gasteiger partial charge in [-0.25, -0.2) is 4.79 Å². The van der Waals surface area contributed by atoms with Gasteiger partial charge in [0.2, 0.25) is 5.13 Å². The van der Waals surface area contributed by atoms with Gasteiger partial charge in [0, 0.05) is 12.1 Å². The van der Waals surface area contributed by atoms with Gasteiger partial charge in [-0.3, -0.25) is 5.32 Å². The van der Waals surface area contributed by atoms with Crippen molar-refractivity contribution in [2.75, 3.05) is 22.6 Å². The lowest BCUT2D eigenvalue weighted by atomic mass is 10.2. The van der Waals surface area contributed by atoms with Crippen molar-refractivity contribution in [2.24, 2.45) is 0 Å². The number of thioether (sulfide) groups is 1. The van der Waals surface area contributed by atoms with E-state index in [1.165, 1.54) is 23.5 Å². The molecule has 2 amide bonds. The first-order chi connectivity index (χ1) is 10.9. The Kier molecular flexibility index (Phi) is 5.83. The second-order valence-corrected chi connectivity index (χ2v) is 6.45. The van der Waals surface area contributed by atoms with Crippen LogP contribution >= 0.6 is 23.1 Å². The number of halogens is 3. The number of nitrogens with zero attached hydrogens (tertiary/aromatic N) is 2. The monoisotopic (exact) mass is 362 g/mol. The Morgan fingerprint density at radius 3 is 2.78 bits per heavy atom. The lowest BCUT2D eigenvalue weighted by molar-refractivity contribution is -0.137. The Morgan fingerprint density at radius 2 is 2.09 bits per heavy atom. The molecule has 0 aliphatic carbocycles. The highest BCUT2D eigenvalue weighted by Gasteiger charge is 2.30. The molecule has 1 aromatic heterocycles. The van der Waals surface area contributed by atoms with Gasteiger partial charge in [-0.05, 0) is 30.2 Å². The third-order valence-corrected chi connectivity index (χ3v) is 4.17. The molecule has 0 unspecified atom stereocenters. The van der Waals surface area contributed by atoms with E-state index in [2.05, 4.69) is 20.8 Å². The number of alkyl halides is 3. The summed E-state index contributed by atoms with van der Waals surface area (Å²) in [7, 11) is 0. The molecule has 5 nitrogen and oxygen atoms in total. The molecule has 23 heavy (non-hydrogen) atoms. The van der Waals surface area contributed by atoms with Crippen LogP contribution in [0, 0.1) is 0 Å². The van der Waals surface area contributed by atoms with E-state index in [0.717, 1.165) is 29.3 Å². The number of benzene rings is 1. The summed E-state index contributed by atoms with van der Waals surface area (Å²) >= 11 is 2.90. The van der Waals surface area contributed by atoms with Crippen LogP contribution < -0.4 is 10.6 Å². The van der Waals surface area contributed by atoms with Crippen LogP contribution in [0.3, 0.4) is 0 Å². The summed E-state index contributed by atoms with van der Waals surface area (Å²) < 4.78 is 37.8. The van der Waals surface area contributed by atoms with Crippen LogP contribution in [0.15, 0.2) is 24.3 Å². The van der Waals surface area contributed by atoms with Crippen molar-refractivity contribution in [3.05, 3.63) is 34.8 Å². The van der Waals surface area contributed by atoms with Gasteiger partial charge in [0.05, 0.1) is 5.56 Å². The van der Waals surface area contributed by atoms with Gasteiger partial charge < -0.3 is 5.32 Å². The topological polar surface area (TPSA) is 66.9 Å². The zero-order chi connectivity index (χ0) is 16.9. The first-order valence-electron chi connectivity index (χ1n) is 6.45. The molecular weight excluding hydrogens is 349 g/mol. The zero-order valence-corrected chi connectivity index (χ0v) is 13.6. The van der Waals surface area contributed by atoms with Crippen LogP contribution in [0.4, 0.5) is 28.8 Å². The molecule has 0 bridgehead atoms. The first-order valence-corrected chi connectivity index (χ1v) is 8.66. The Bertz CT molecular complexity index is 675. The van der Waals surface area contributed by atoms with Gasteiger partial charge in [0.15, 0.2) is 0 Å². The average molecular weight is 362 g/mol. The van der Waals surface area contributed by atoms with Crippen molar-refractivity contribution < 1.29 is 18.0 Å². The van der Waals surface area contributed by atoms with Crippen LogP contribution in [-0.4, -0.2) is 28.2 Å². The number of hydrogen-bond donors (Lipinski definition) is 2. The molecule has 2 N–H and O–H groups in total. The third kappa shape index (κ3) is 5.39. The second kappa shape index (κ2) is 7.64. The number of hydrogen-bond acceptors (Lipinski definition) is 5. The fourth-order valence-electron chi connectivity index (χ4n) is 1.63. The summed E-state index contributed by atoms with van der Waals surface area (Å²) in [6.45, 7) is 0. The molecule has 2 rings (SSSR count). The standard InChI is InChI=1S/C13H13F3N4OS2/c1-22-6-5-10-19-20-12(23-10)18-11(21)17-9-4-2-3-8(7-9)13(14,15)16/h2-4,7H,5-6H2,1H3,(H2,17,18,20,21). The van der Waals surface area contributed by atoms with Crippen LogP contribution in [0.5, 0.6) is 0 Å². The maximum absolute atomic E-state index is 12.6. The summed E-state index contributed by atoms with van der Waals surface area (Å²) in [6, 6.07) is 3.73. The van der Waals surface area contributed by atoms with E-state index < -0.39 is 17.8 Å². The second-order valence-electron chi connectivity index (χ2n) is 4.40. The first kappa shape index (κ1) is 17.5. The van der Waals surface area contributed by atoms with E-state index in [-0.39, 0.29) is 5.69 Å². The maximum atomic E-state index is 12.6. The van der Waals surface area contributed by atoms with Gasteiger partial charge in [-0.15, -0.1) is 10.2 Å². The number of amides is 2. The van der Waals surface area contributed by atoms with Gasteiger partial charge >= 0.3 is 12.2 Å². The molecule has 1 heterocycles. The van der Waals surface area contributed by atoms with Gasteiger partial charge in [-0.2, -0.15) is 24.9 Å². The summed E-state index contributed by atoms with van der Waals surface area (Å²) in [6.07, 6.45) is -1.74. The number of aryl methyl sites for hydroxylation is 1. The van der Waals surface area contributed by atoms with Crippen LogP contribution in [-0.2, 0) is 12.6 Å². The summed E-state index contributed by atoms with van der Waals surface area (Å²) in [5.41, 5.74) is -0.782. The van der Waals surface area contributed by atoms with E-state index in [1.54, 1.807) is 11.8 Å².